The number of nitrogens with two attached hydrogens (primary N) is 1. The molecule has 20 heavy (non-hydrogen) atoms. The number of anilines is 1. The van der Waals surface area contributed by atoms with Crippen LogP contribution in [0.2, 0.25) is 0 Å². The summed E-state index contributed by atoms with van der Waals surface area (Å²) < 4.78 is 6.65. The number of nitrogens with zero attached hydrogens (tertiary/aromatic N) is 3. The first-order valence-electron chi connectivity index (χ1n) is 5.70. The van der Waals surface area contributed by atoms with Gasteiger partial charge in [0.1, 0.15) is 10.7 Å². The van der Waals surface area contributed by atoms with E-state index >= 15 is 0 Å². The quantitative estimate of drug-likeness (QED) is 0.832. The molecule has 2 aromatic heterocycles. The van der Waals surface area contributed by atoms with Crippen LogP contribution in [-0.2, 0) is 17.8 Å². The predicted octanol–water partition coefficient (Wildman–Crippen LogP) is 1.12. The van der Waals surface area contributed by atoms with Gasteiger partial charge in [-0.3, -0.25) is 9.48 Å². The maximum absolute atomic E-state index is 11.9. The third-order valence-electron chi connectivity index (χ3n) is 2.37. The summed E-state index contributed by atoms with van der Waals surface area (Å²) in [7, 11) is 1.63. The number of carbonyl (C=O) groups is 1. The van der Waals surface area contributed by atoms with Gasteiger partial charge in [-0.1, -0.05) is 0 Å². The standard InChI is InChI=1S/C11H15N5O2S.ClH/c1-18-3-2-16-6-8(5-13-16)14-11(17)9-7-19-10(4-12)15-9;/h5-7H,2-4,12H2,1H3,(H,14,17);1H. The fraction of sp³-hybridized carbons (Fsp3) is 0.364. The molecular formula is C11H16ClN5O2S. The average molecular weight is 318 g/mol. The van der Waals surface area contributed by atoms with E-state index in [1.165, 1.54) is 11.3 Å². The van der Waals surface area contributed by atoms with Crippen LogP contribution in [0.3, 0.4) is 0 Å². The van der Waals surface area contributed by atoms with Crippen molar-refractivity contribution in [3.05, 3.63) is 28.5 Å². The number of rotatable bonds is 6. The lowest BCUT2D eigenvalue weighted by atomic mass is 10.4. The van der Waals surface area contributed by atoms with E-state index in [0.29, 0.717) is 31.1 Å². The Morgan fingerprint density at radius 1 is 1.60 bits per heavy atom. The van der Waals surface area contributed by atoms with Gasteiger partial charge < -0.3 is 15.8 Å². The molecule has 0 aliphatic heterocycles. The molecule has 0 radical (unpaired) electrons. The van der Waals surface area contributed by atoms with E-state index in [1.54, 1.807) is 29.6 Å². The molecule has 9 heteroatoms. The zero-order valence-corrected chi connectivity index (χ0v) is 12.5. The fourth-order valence-corrected chi connectivity index (χ4v) is 2.09. The molecule has 0 bridgehead atoms. The van der Waals surface area contributed by atoms with Crippen molar-refractivity contribution in [1.82, 2.24) is 14.8 Å². The van der Waals surface area contributed by atoms with Crippen LogP contribution in [-0.4, -0.2) is 34.4 Å². The summed E-state index contributed by atoms with van der Waals surface area (Å²) in [6, 6.07) is 0. The number of hydrogen-bond acceptors (Lipinski definition) is 6. The number of methoxy groups -OCH3 is 1. The van der Waals surface area contributed by atoms with Crippen LogP contribution in [0.15, 0.2) is 17.8 Å². The van der Waals surface area contributed by atoms with Crippen molar-refractivity contribution < 1.29 is 9.53 Å². The Morgan fingerprint density at radius 3 is 3.05 bits per heavy atom. The van der Waals surface area contributed by atoms with Crippen LogP contribution in [0.1, 0.15) is 15.5 Å². The summed E-state index contributed by atoms with van der Waals surface area (Å²) in [6.07, 6.45) is 3.33. The SMILES string of the molecule is COCCn1cc(NC(=O)c2csc(CN)n2)cn1.Cl. The predicted molar refractivity (Wildman–Crippen MR) is 79.3 cm³/mol. The van der Waals surface area contributed by atoms with Gasteiger partial charge in [0.25, 0.3) is 5.91 Å². The van der Waals surface area contributed by atoms with Gasteiger partial charge in [-0.2, -0.15) is 5.10 Å². The Morgan fingerprint density at radius 2 is 2.40 bits per heavy atom. The summed E-state index contributed by atoms with van der Waals surface area (Å²) in [5.41, 5.74) is 6.46. The summed E-state index contributed by atoms with van der Waals surface area (Å²) >= 11 is 1.37. The number of nitrogens with one attached hydrogen (secondary N) is 1. The number of halogens is 1. The fourth-order valence-electron chi connectivity index (χ4n) is 1.44. The zero-order chi connectivity index (χ0) is 13.7. The van der Waals surface area contributed by atoms with Crippen LogP contribution < -0.4 is 11.1 Å². The summed E-state index contributed by atoms with van der Waals surface area (Å²) in [5.74, 6) is -0.262. The van der Waals surface area contributed by atoms with Gasteiger partial charge in [0, 0.05) is 25.2 Å². The Balaban J connectivity index is 0.00000200. The second-order valence-corrected chi connectivity index (χ2v) is 4.71. The molecule has 7 nitrogen and oxygen atoms in total. The maximum Gasteiger partial charge on any atom is 0.275 e. The molecule has 0 saturated heterocycles. The van der Waals surface area contributed by atoms with E-state index < -0.39 is 0 Å². The Kier molecular flexibility index (Phi) is 6.59. The van der Waals surface area contributed by atoms with Crippen LogP contribution in [0.5, 0.6) is 0 Å². The van der Waals surface area contributed by atoms with Crippen LogP contribution in [0.4, 0.5) is 5.69 Å². The van der Waals surface area contributed by atoms with Gasteiger partial charge >= 0.3 is 0 Å². The van der Waals surface area contributed by atoms with Crippen molar-refractivity contribution in [2.45, 2.75) is 13.1 Å². The third-order valence-corrected chi connectivity index (χ3v) is 3.25. The highest BCUT2D eigenvalue weighted by atomic mass is 35.5. The van der Waals surface area contributed by atoms with Gasteiger partial charge in [-0.05, 0) is 0 Å². The van der Waals surface area contributed by atoms with Gasteiger partial charge in [-0.15, -0.1) is 23.7 Å². The minimum atomic E-state index is -0.262. The molecule has 0 aliphatic rings. The molecule has 110 valence electrons. The second-order valence-electron chi connectivity index (χ2n) is 3.77. The number of amides is 1. The Hall–Kier alpha value is -1.48. The molecule has 3 N–H and O–H groups in total. The lowest BCUT2D eigenvalue weighted by Crippen LogP contribution is -2.12. The van der Waals surface area contributed by atoms with E-state index in [9.17, 15) is 4.79 Å². The molecule has 1 amide bonds. The van der Waals surface area contributed by atoms with Crippen molar-refractivity contribution in [3.63, 3.8) is 0 Å². The first-order chi connectivity index (χ1) is 9.22. The summed E-state index contributed by atoms with van der Waals surface area (Å²) in [4.78, 5) is 16.0. The van der Waals surface area contributed by atoms with Crippen molar-refractivity contribution >= 4 is 35.3 Å². The highest BCUT2D eigenvalue weighted by Crippen LogP contribution is 2.12. The lowest BCUT2D eigenvalue weighted by molar-refractivity contribution is 0.102. The first-order valence-corrected chi connectivity index (χ1v) is 6.58. The molecule has 2 heterocycles. The van der Waals surface area contributed by atoms with Crippen molar-refractivity contribution in [3.8, 4) is 0 Å². The Labute approximate surface area is 126 Å². The zero-order valence-electron chi connectivity index (χ0n) is 10.9. The molecule has 0 spiro atoms. The van der Waals surface area contributed by atoms with E-state index in [2.05, 4.69) is 15.4 Å². The minimum Gasteiger partial charge on any atom is -0.383 e. The van der Waals surface area contributed by atoms with Crippen molar-refractivity contribution in [2.75, 3.05) is 19.0 Å². The molecule has 0 atom stereocenters. The van der Waals surface area contributed by atoms with Gasteiger partial charge in [0.2, 0.25) is 0 Å². The molecule has 0 aliphatic carbocycles. The van der Waals surface area contributed by atoms with E-state index in [1.807, 2.05) is 0 Å². The van der Waals surface area contributed by atoms with Crippen LogP contribution in [0.25, 0.3) is 0 Å². The number of hydrogen-bond donors (Lipinski definition) is 2. The normalized spacial score (nSPS) is 10.1. The van der Waals surface area contributed by atoms with E-state index in [4.69, 9.17) is 10.5 Å². The largest absolute Gasteiger partial charge is 0.383 e. The molecule has 2 rings (SSSR count). The Bertz CT molecular complexity index is 557. The monoisotopic (exact) mass is 317 g/mol. The molecular weight excluding hydrogens is 302 g/mol. The molecule has 0 saturated carbocycles. The summed E-state index contributed by atoms with van der Waals surface area (Å²) in [5, 5.41) is 9.26. The molecule has 0 unspecified atom stereocenters. The minimum absolute atomic E-state index is 0. The molecule has 2 aromatic rings. The van der Waals surface area contributed by atoms with E-state index in [0.717, 1.165) is 5.01 Å². The summed E-state index contributed by atoms with van der Waals surface area (Å²) in [6.45, 7) is 1.55. The molecule has 0 fully saturated rings. The van der Waals surface area contributed by atoms with Crippen molar-refractivity contribution in [1.29, 1.82) is 0 Å². The number of ether oxygens (including phenoxy) is 1. The van der Waals surface area contributed by atoms with Gasteiger partial charge in [0.15, 0.2) is 0 Å². The highest BCUT2D eigenvalue weighted by molar-refractivity contribution is 7.09. The highest BCUT2D eigenvalue weighted by Gasteiger charge is 2.11. The van der Waals surface area contributed by atoms with Crippen molar-refractivity contribution in [2.24, 2.45) is 5.73 Å². The second kappa shape index (κ2) is 7.95. The lowest BCUT2D eigenvalue weighted by Gasteiger charge is -1.99. The molecule has 0 aromatic carbocycles. The number of aromatic nitrogens is 3. The van der Waals surface area contributed by atoms with Gasteiger partial charge in [0.05, 0.1) is 25.0 Å². The smallest absolute Gasteiger partial charge is 0.275 e. The average Bonchev–Trinajstić information content (AvgIpc) is 3.05. The van der Waals surface area contributed by atoms with Crippen LogP contribution >= 0.6 is 23.7 Å². The van der Waals surface area contributed by atoms with Crippen LogP contribution in [0, 0.1) is 0 Å². The third kappa shape index (κ3) is 4.27. The van der Waals surface area contributed by atoms with E-state index in [-0.39, 0.29) is 18.3 Å². The number of carbonyl (C=O) groups excluding carboxylic acids is 1. The first kappa shape index (κ1) is 16.6. The number of thiazole rings is 1. The maximum atomic E-state index is 11.9. The van der Waals surface area contributed by atoms with Gasteiger partial charge in [-0.25, -0.2) is 4.98 Å². The topological polar surface area (TPSA) is 95.1 Å².